The Kier molecular flexibility index (Phi) is 5.43. The molecule has 0 spiro atoms. The van der Waals surface area contributed by atoms with Crippen LogP contribution in [0.4, 0.5) is 0 Å². The molecule has 1 fully saturated rings. The number of nitrogens with one attached hydrogen (secondary N) is 1. The van der Waals surface area contributed by atoms with E-state index in [1.165, 1.54) is 24.4 Å². The van der Waals surface area contributed by atoms with Crippen LogP contribution in [0.15, 0.2) is 35.3 Å². The Hall–Kier alpha value is -1.53. The van der Waals surface area contributed by atoms with Crippen LogP contribution < -0.4 is 11.1 Å². The Morgan fingerprint density at radius 2 is 2.30 bits per heavy atom. The van der Waals surface area contributed by atoms with Crippen molar-refractivity contribution in [3.63, 3.8) is 0 Å². The Morgan fingerprint density at radius 3 is 3.00 bits per heavy atom. The molecule has 1 heterocycles. The van der Waals surface area contributed by atoms with Crippen molar-refractivity contribution in [1.82, 2.24) is 5.32 Å². The fraction of sp³-hybridized carbons (Fsp3) is 0.429. The second kappa shape index (κ2) is 7.31. The van der Waals surface area contributed by atoms with Gasteiger partial charge in [0.2, 0.25) is 0 Å². The highest BCUT2D eigenvalue weighted by Gasteiger charge is 2.27. The summed E-state index contributed by atoms with van der Waals surface area (Å²) >= 11 is 1.52. The summed E-state index contributed by atoms with van der Waals surface area (Å²) in [6.07, 6.45) is 0.794. The van der Waals surface area contributed by atoms with Gasteiger partial charge in [-0.3, -0.25) is 4.99 Å². The average Bonchev–Trinajstić information content (AvgIpc) is 2.94. The summed E-state index contributed by atoms with van der Waals surface area (Å²) in [5.41, 5.74) is 7.28. The molecule has 1 aliphatic heterocycles. The number of rotatable bonds is 5. The number of carbonyl (C=O) groups is 1. The Balaban J connectivity index is 1.80. The van der Waals surface area contributed by atoms with Crippen molar-refractivity contribution in [2.75, 3.05) is 19.4 Å². The van der Waals surface area contributed by atoms with Gasteiger partial charge in [0.15, 0.2) is 5.17 Å². The van der Waals surface area contributed by atoms with Crippen LogP contribution >= 0.6 is 11.8 Å². The number of carbonyl (C=O) groups excluding carboxylic acids is 1. The highest BCUT2D eigenvalue weighted by atomic mass is 32.2. The lowest BCUT2D eigenvalue weighted by atomic mass is 10.1. The molecule has 20 heavy (non-hydrogen) atoms. The molecular formula is C14H19N3O2S. The molecule has 0 radical (unpaired) electrons. The summed E-state index contributed by atoms with van der Waals surface area (Å²) < 4.78 is 4.69. The first-order valence-electron chi connectivity index (χ1n) is 6.50. The zero-order valence-corrected chi connectivity index (χ0v) is 12.2. The van der Waals surface area contributed by atoms with Crippen molar-refractivity contribution in [2.45, 2.75) is 18.5 Å². The normalized spacial score (nSPS) is 21.5. The number of esters is 1. The third-order valence-corrected chi connectivity index (χ3v) is 4.00. The van der Waals surface area contributed by atoms with E-state index in [1.807, 2.05) is 18.2 Å². The standard InChI is InChI=1S/C14H19N3O2S/c1-19-13(18)12-9-20-14(17-12)16-8-11(15)7-10-5-3-2-4-6-10/h2-6,11-12H,7-9,15H2,1H3,(H,16,17)/t11-,12?/m0/s1. The number of aliphatic imine (C=N–C) groups is 1. The molecule has 1 saturated heterocycles. The van der Waals surface area contributed by atoms with E-state index in [1.54, 1.807) is 0 Å². The molecular weight excluding hydrogens is 274 g/mol. The molecule has 0 amide bonds. The summed E-state index contributed by atoms with van der Waals surface area (Å²) in [7, 11) is 1.39. The summed E-state index contributed by atoms with van der Waals surface area (Å²) in [4.78, 5) is 15.8. The second-order valence-electron chi connectivity index (χ2n) is 4.63. The Labute approximate surface area is 123 Å². The molecule has 2 rings (SSSR count). The minimum Gasteiger partial charge on any atom is -0.467 e. The van der Waals surface area contributed by atoms with Crippen LogP contribution in [0.2, 0.25) is 0 Å². The fourth-order valence-corrected chi connectivity index (χ4v) is 2.87. The van der Waals surface area contributed by atoms with Gasteiger partial charge in [0, 0.05) is 11.8 Å². The van der Waals surface area contributed by atoms with Gasteiger partial charge in [0.25, 0.3) is 0 Å². The number of ether oxygens (including phenoxy) is 1. The molecule has 0 bridgehead atoms. The van der Waals surface area contributed by atoms with Gasteiger partial charge in [-0.2, -0.15) is 0 Å². The van der Waals surface area contributed by atoms with Crippen LogP contribution in [0.3, 0.4) is 0 Å². The van der Waals surface area contributed by atoms with Gasteiger partial charge in [-0.1, -0.05) is 42.1 Å². The quantitative estimate of drug-likeness (QED) is 0.785. The molecule has 0 aromatic heterocycles. The molecule has 0 aliphatic carbocycles. The zero-order chi connectivity index (χ0) is 14.4. The Bertz CT molecular complexity index is 479. The number of hydrogen-bond donors (Lipinski definition) is 2. The molecule has 0 saturated carbocycles. The van der Waals surface area contributed by atoms with Gasteiger partial charge in [-0.15, -0.1) is 0 Å². The highest BCUT2D eigenvalue weighted by Crippen LogP contribution is 2.14. The molecule has 1 aromatic carbocycles. The van der Waals surface area contributed by atoms with Gasteiger partial charge in [0.1, 0.15) is 6.04 Å². The molecule has 2 atom stereocenters. The van der Waals surface area contributed by atoms with E-state index in [0.29, 0.717) is 12.3 Å². The van der Waals surface area contributed by atoms with Crippen molar-refractivity contribution >= 4 is 22.9 Å². The SMILES string of the molecule is COC(=O)C1CSC(=NC[C@@H](N)Cc2ccccc2)N1. The number of amidine groups is 1. The van der Waals surface area contributed by atoms with Crippen molar-refractivity contribution < 1.29 is 9.53 Å². The number of methoxy groups -OCH3 is 1. The van der Waals surface area contributed by atoms with Crippen molar-refractivity contribution in [1.29, 1.82) is 0 Å². The van der Waals surface area contributed by atoms with Crippen LogP contribution in [0.1, 0.15) is 5.56 Å². The maximum absolute atomic E-state index is 11.4. The lowest BCUT2D eigenvalue weighted by Gasteiger charge is -2.10. The van der Waals surface area contributed by atoms with E-state index in [2.05, 4.69) is 22.4 Å². The zero-order valence-electron chi connectivity index (χ0n) is 11.4. The van der Waals surface area contributed by atoms with Gasteiger partial charge in [-0.25, -0.2) is 4.79 Å². The van der Waals surface area contributed by atoms with Crippen LogP contribution in [0, 0.1) is 0 Å². The predicted octanol–water partition coefficient (Wildman–Crippen LogP) is 0.790. The van der Waals surface area contributed by atoms with E-state index in [9.17, 15) is 4.79 Å². The maximum atomic E-state index is 11.4. The minimum atomic E-state index is -0.297. The third-order valence-electron chi connectivity index (χ3n) is 2.98. The summed E-state index contributed by atoms with van der Waals surface area (Å²) in [6.45, 7) is 0.540. The van der Waals surface area contributed by atoms with Gasteiger partial charge in [0.05, 0.1) is 13.7 Å². The lowest BCUT2D eigenvalue weighted by Crippen LogP contribution is -2.36. The number of hydrogen-bond acceptors (Lipinski definition) is 5. The van der Waals surface area contributed by atoms with Crippen molar-refractivity contribution in [2.24, 2.45) is 10.7 Å². The fourth-order valence-electron chi connectivity index (χ4n) is 1.94. The minimum absolute atomic E-state index is 0.0236. The van der Waals surface area contributed by atoms with Gasteiger partial charge < -0.3 is 15.8 Å². The smallest absolute Gasteiger partial charge is 0.329 e. The van der Waals surface area contributed by atoms with Crippen LogP contribution in [0.25, 0.3) is 0 Å². The Morgan fingerprint density at radius 1 is 1.55 bits per heavy atom. The van der Waals surface area contributed by atoms with Crippen molar-refractivity contribution in [3.8, 4) is 0 Å². The maximum Gasteiger partial charge on any atom is 0.329 e. The van der Waals surface area contributed by atoms with E-state index >= 15 is 0 Å². The van der Waals surface area contributed by atoms with E-state index in [4.69, 9.17) is 10.5 Å². The van der Waals surface area contributed by atoms with Crippen LogP contribution in [0.5, 0.6) is 0 Å². The summed E-state index contributed by atoms with van der Waals surface area (Å²) in [6, 6.07) is 9.79. The topological polar surface area (TPSA) is 76.7 Å². The number of thioether (sulfide) groups is 1. The first-order valence-corrected chi connectivity index (χ1v) is 7.48. The number of benzene rings is 1. The predicted molar refractivity (Wildman–Crippen MR) is 81.8 cm³/mol. The second-order valence-corrected chi connectivity index (χ2v) is 5.64. The van der Waals surface area contributed by atoms with E-state index in [0.717, 1.165) is 11.6 Å². The molecule has 1 aromatic rings. The highest BCUT2D eigenvalue weighted by molar-refractivity contribution is 8.14. The summed E-state index contributed by atoms with van der Waals surface area (Å²) in [5.74, 6) is 0.399. The molecule has 5 nitrogen and oxygen atoms in total. The van der Waals surface area contributed by atoms with E-state index in [-0.39, 0.29) is 18.1 Å². The molecule has 6 heteroatoms. The third kappa shape index (κ3) is 4.25. The monoisotopic (exact) mass is 293 g/mol. The molecule has 108 valence electrons. The first kappa shape index (κ1) is 14.9. The molecule has 1 unspecified atom stereocenters. The average molecular weight is 293 g/mol. The molecule has 3 N–H and O–H groups in total. The largest absolute Gasteiger partial charge is 0.467 e. The number of nitrogens with zero attached hydrogens (tertiary/aromatic N) is 1. The molecule has 1 aliphatic rings. The van der Waals surface area contributed by atoms with Crippen molar-refractivity contribution in [3.05, 3.63) is 35.9 Å². The van der Waals surface area contributed by atoms with Gasteiger partial charge >= 0.3 is 5.97 Å². The van der Waals surface area contributed by atoms with Crippen LogP contribution in [-0.4, -0.2) is 42.6 Å². The van der Waals surface area contributed by atoms with Crippen LogP contribution in [-0.2, 0) is 16.0 Å². The van der Waals surface area contributed by atoms with E-state index < -0.39 is 0 Å². The summed E-state index contributed by atoms with van der Waals surface area (Å²) in [5, 5.41) is 3.81. The first-order chi connectivity index (χ1) is 9.69. The van der Waals surface area contributed by atoms with Gasteiger partial charge in [-0.05, 0) is 12.0 Å². The lowest BCUT2D eigenvalue weighted by molar-refractivity contribution is -0.141. The number of nitrogens with two attached hydrogens (primary N) is 1.